The van der Waals surface area contributed by atoms with Gasteiger partial charge >= 0.3 is 5.97 Å². The highest BCUT2D eigenvalue weighted by Crippen LogP contribution is 2.40. The summed E-state index contributed by atoms with van der Waals surface area (Å²) < 4.78 is 12.1. The van der Waals surface area contributed by atoms with Crippen molar-refractivity contribution in [3.8, 4) is 0 Å². The highest BCUT2D eigenvalue weighted by atomic mass is 28.4. The second kappa shape index (κ2) is 9.56. The van der Waals surface area contributed by atoms with E-state index in [2.05, 4.69) is 46.0 Å². The Balaban J connectivity index is 2.69. The molecule has 4 nitrogen and oxygen atoms in total. The van der Waals surface area contributed by atoms with Gasteiger partial charge < -0.3 is 13.9 Å². The van der Waals surface area contributed by atoms with Crippen LogP contribution in [0.1, 0.15) is 65.7 Å². The van der Waals surface area contributed by atoms with Gasteiger partial charge in [0.1, 0.15) is 11.9 Å². The summed E-state index contributed by atoms with van der Waals surface area (Å²) in [6.45, 7) is 15.1. The zero-order valence-electron chi connectivity index (χ0n) is 17.4. The summed E-state index contributed by atoms with van der Waals surface area (Å²) in [5.41, 5.74) is 0. The minimum absolute atomic E-state index is 0.0949. The molecule has 0 spiro atoms. The number of carboxylic acids is 1. The SMILES string of the molecule is CC(C)C(CCC=CCC(O[Si](C)(C)C(C)(C)C)c1ccco1)C(=O)O. The zero-order valence-corrected chi connectivity index (χ0v) is 18.4. The van der Waals surface area contributed by atoms with E-state index in [0.29, 0.717) is 6.42 Å². The zero-order chi connectivity index (χ0) is 20.0. The van der Waals surface area contributed by atoms with Crippen LogP contribution in [0.25, 0.3) is 0 Å². The molecule has 26 heavy (non-hydrogen) atoms. The maximum atomic E-state index is 11.3. The topological polar surface area (TPSA) is 59.7 Å². The summed E-state index contributed by atoms with van der Waals surface area (Å²) >= 11 is 0. The third-order valence-corrected chi connectivity index (χ3v) is 9.87. The molecule has 1 aromatic rings. The van der Waals surface area contributed by atoms with Crippen LogP contribution in [0.2, 0.25) is 18.1 Å². The minimum Gasteiger partial charge on any atom is -0.481 e. The fourth-order valence-corrected chi connectivity index (χ4v) is 3.86. The third-order valence-electron chi connectivity index (χ3n) is 5.39. The largest absolute Gasteiger partial charge is 0.481 e. The number of aliphatic carboxylic acids is 1. The quantitative estimate of drug-likeness (QED) is 0.375. The van der Waals surface area contributed by atoms with Gasteiger partial charge in [0.25, 0.3) is 0 Å². The van der Waals surface area contributed by atoms with E-state index in [1.807, 2.05) is 26.0 Å². The molecule has 0 saturated carbocycles. The predicted octanol–water partition coefficient (Wildman–Crippen LogP) is 6.43. The standard InChI is InChI=1S/C21H36O4Si/c1-16(2)17(20(22)23)12-9-8-10-13-19(18-14-11-15-24-18)25-26(6,7)21(3,4)5/h8,10-11,14-17,19H,9,12-13H2,1-7H3,(H,22,23). The lowest BCUT2D eigenvalue weighted by molar-refractivity contribution is -0.143. The average molecular weight is 381 g/mol. The van der Waals surface area contributed by atoms with Crippen LogP contribution in [-0.2, 0) is 9.22 Å². The van der Waals surface area contributed by atoms with E-state index in [-0.39, 0.29) is 23.0 Å². The van der Waals surface area contributed by atoms with Gasteiger partial charge in [0, 0.05) is 0 Å². The molecular formula is C21H36O4Si. The number of furan rings is 1. The van der Waals surface area contributed by atoms with E-state index in [1.165, 1.54) is 0 Å². The summed E-state index contributed by atoms with van der Waals surface area (Å²) in [4.78, 5) is 11.3. The van der Waals surface area contributed by atoms with Gasteiger partial charge in [0.05, 0.1) is 12.2 Å². The van der Waals surface area contributed by atoms with Gasteiger partial charge in [-0.1, -0.05) is 46.8 Å². The van der Waals surface area contributed by atoms with Crippen LogP contribution in [0, 0.1) is 11.8 Å². The molecule has 5 heteroatoms. The van der Waals surface area contributed by atoms with Gasteiger partial charge in [-0.25, -0.2) is 0 Å². The third kappa shape index (κ3) is 6.76. The van der Waals surface area contributed by atoms with Crippen LogP contribution in [0.4, 0.5) is 0 Å². The molecule has 0 aliphatic carbocycles. The molecule has 1 rings (SSSR count). The molecule has 1 heterocycles. The molecule has 0 saturated heterocycles. The van der Waals surface area contributed by atoms with E-state index >= 15 is 0 Å². The van der Waals surface area contributed by atoms with Crippen molar-refractivity contribution in [2.75, 3.05) is 0 Å². The number of hydrogen-bond acceptors (Lipinski definition) is 3. The van der Waals surface area contributed by atoms with E-state index in [4.69, 9.17) is 8.84 Å². The Hall–Kier alpha value is -1.33. The van der Waals surface area contributed by atoms with Gasteiger partial charge in [-0.3, -0.25) is 4.79 Å². The molecule has 0 aromatic carbocycles. The summed E-state index contributed by atoms with van der Waals surface area (Å²) in [5, 5.41) is 9.40. The van der Waals surface area contributed by atoms with Gasteiger partial charge in [-0.15, -0.1) is 0 Å². The van der Waals surface area contributed by atoms with Crippen LogP contribution in [0.3, 0.4) is 0 Å². The van der Waals surface area contributed by atoms with E-state index in [1.54, 1.807) is 6.26 Å². The molecule has 2 unspecified atom stereocenters. The first-order chi connectivity index (χ1) is 12.0. The molecule has 0 aliphatic rings. The lowest BCUT2D eigenvalue weighted by Gasteiger charge is -2.38. The maximum absolute atomic E-state index is 11.3. The van der Waals surface area contributed by atoms with Crippen molar-refractivity contribution in [1.82, 2.24) is 0 Å². The van der Waals surface area contributed by atoms with Crippen molar-refractivity contribution in [3.05, 3.63) is 36.3 Å². The van der Waals surface area contributed by atoms with Crippen molar-refractivity contribution in [2.24, 2.45) is 11.8 Å². The normalized spacial score (nSPS) is 15.5. The highest BCUT2D eigenvalue weighted by molar-refractivity contribution is 6.74. The smallest absolute Gasteiger partial charge is 0.306 e. The Labute approximate surface area is 159 Å². The Bertz CT molecular complexity index is 567. The first kappa shape index (κ1) is 22.7. The van der Waals surface area contributed by atoms with E-state index in [9.17, 15) is 9.90 Å². The van der Waals surface area contributed by atoms with Gasteiger partial charge in [0.15, 0.2) is 8.32 Å². The fraction of sp³-hybridized carbons (Fsp3) is 0.667. The lowest BCUT2D eigenvalue weighted by atomic mass is 9.91. The van der Waals surface area contributed by atoms with Crippen molar-refractivity contribution in [3.63, 3.8) is 0 Å². The number of allylic oxidation sites excluding steroid dienone is 1. The second-order valence-electron chi connectivity index (χ2n) is 8.86. The summed E-state index contributed by atoms with van der Waals surface area (Å²) in [7, 11) is -1.91. The summed E-state index contributed by atoms with van der Waals surface area (Å²) in [5.74, 6) is 0.0101. The molecule has 0 fully saturated rings. The second-order valence-corrected chi connectivity index (χ2v) is 13.6. The molecular weight excluding hydrogens is 344 g/mol. The number of hydrogen-bond donors (Lipinski definition) is 1. The van der Waals surface area contributed by atoms with E-state index < -0.39 is 14.3 Å². The molecule has 0 bridgehead atoms. The van der Waals surface area contributed by atoms with Gasteiger partial charge in [0.2, 0.25) is 0 Å². The van der Waals surface area contributed by atoms with Crippen molar-refractivity contribution >= 4 is 14.3 Å². The molecule has 0 amide bonds. The van der Waals surface area contributed by atoms with Crippen LogP contribution in [0.15, 0.2) is 35.0 Å². The summed E-state index contributed by atoms with van der Waals surface area (Å²) in [6.07, 6.45) is 7.92. The number of carboxylic acid groups (broad SMARTS) is 1. The Morgan fingerprint density at radius 1 is 1.31 bits per heavy atom. The van der Waals surface area contributed by atoms with Crippen LogP contribution in [0.5, 0.6) is 0 Å². The van der Waals surface area contributed by atoms with Crippen LogP contribution < -0.4 is 0 Å². The molecule has 1 aromatic heterocycles. The Kier molecular flexibility index (Phi) is 8.35. The first-order valence-electron chi connectivity index (χ1n) is 9.54. The van der Waals surface area contributed by atoms with Crippen molar-refractivity contribution < 1.29 is 18.7 Å². The fourth-order valence-electron chi connectivity index (χ4n) is 2.58. The first-order valence-corrected chi connectivity index (χ1v) is 12.5. The average Bonchev–Trinajstić information content (AvgIpc) is 3.01. The monoisotopic (exact) mass is 380 g/mol. The predicted molar refractivity (Wildman–Crippen MR) is 109 cm³/mol. The minimum atomic E-state index is -1.91. The van der Waals surface area contributed by atoms with Crippen LogP contribution in [-0.4, -0.2) is 19.4 Å². The van der Waals surface area contributed by atoms with Crippen molar-refractivity contribution in [2.45, 2.75) is 78.1 Å². The molecule has 2 atom stereocenters. The Morgan fingerprint density at radius 2 is 1.96 bits per heavy atom. The highest BCUT2D eigenvalue weighted by Gasteiger charge is 2.39. The molecule has 148 valence electrons. The van der Waals surface area contributed by atoms with Gasteiger partial charge in [-0.05, 0) is 55.4 Å². The molecule has 0 aliphatic heterocycles. The van der Waals surface area contributed by atoms with E-state index in [0.717, 1.165) is 18.6 Å². The molecule has 0 radical (unpaired) electrons. The van der Waals surface area contributed by atoms with Crippen molar-refractivity contribution in [1.29, 1.82) is 0 Å². The Morgan fingerprint density at radius 3 is 2.42 bits per heavy atom. The molecule has 1 N–H and O–H groups in total. The number of rotatable bonds is 10. The van der Waals surface area contributed by atoms with Gasteiger partial charge in [-0.2, -0.15) is 0 Å². The number of carbonyl (C=O) groups is 1. The maximum Gasteiger partial charge on any atom is 0.306 e. The lowest BCUT2D eigenvalue weighted by Crippen LogP contribution is -2.41. The van der Waals surface area contributed by atoms with Crippen LogP contribution >= 0.6 is 0 Å². The summed E-state index contributed by atoms with van der Waals surface area (Å²) in [6, 6.07) is 3.85.